The topological polar surface area (TPSA) is 117 Å². The normalized spacial score (nSPS) is 13.3. The van der Waals surface area contributed by atoms with Gasteiger partial charge in [0.25, 0.3) is 0 Å². The van der Waals surface area contributed by atoms with Crippen LogP contribution in [0.5, 0.6) is 0 Å². The molecule has 8 nitrogen and oxygen atoms in total. The van der Waals surface area contributed by atoms with Crippen molar-refractivity contribution in [2.24, 2.45) is 5.73 Å². The maximum absolute atomic E-state index is 12.7. The standard InChI is InChI=1S/C52H104NO7P/c1-3-5-7-9-11-13-15-17-19-21-23-24-25-26-27-28-30-32-34-36-38-40-42-44-47-57-49-51(50-59-61(55,56)58-48-46-53)60-52(54)45-43-41-39-37-35-33-31-29-22-20-18-16-14-12-10-8-6-4-2/h21,23,51H,3-20,22,24-50,53H2,1-2H3,(H,55,56)/b23-21-. The van der Waals surface area contributed by atoms with E-state index in [-0.39, 0.29) is 32.3 Å². The van der Waals surface area contributed by atoms with E-state index in [1.165, 1.54) is 225 Å². The highest BCUT2D eigenvalue weighted by Gasteiger charge is 2.25. The summed E-state index contributed by atoms with van der Waals surface area (Å²) in [7, 11) is -4.28. The fourth-order valence-electron chi connectivity index (χ4n) is 8.00. The van der Waals surface area contributed by atoms with Crippen molar-refractivity contribution in [2.45, 2.75) is 283 Å². The minimum atomic E-state index is -4.28. The van der Waals surface area contributed by atoms with Gasteiger partial charge < -0.3 is 20.1 Å². The minimum absolute atomic E-state index is 0.0914. The number of rotatable bonds is 52. The molecule has 364 valence electrons. The molecule has 0 aliphatic rings. The van der Waals surface area contributed by atoms with Crippen LogP contribution in [0, 0.1) is 0 Å². The molecule has 0 amide bonds. The zero-order chi connectivity index (χ0) is 44.4. The molecule has 0 aliphatic carbocycles. The van der Waals surface area contributed by atoms with E-state index in [0.29, 0.717) is 13.0 Å². The predicted octanol–water partition coefficient (Wildman–Crippen LogP) is 16.6. The Labute approximate surface area is 379 Å². The van der Waals surface area contributed by atoms with E-state index >= 15 is 0 Å². The lowest BCUT2D eigenvalue weighted by molar-refractivity contribution is -0.154. The van der Waals surface area contributed by atoms with Crippen molar-refractivity contribution in [1.82, 2.24) is 0 Å². The highest BCUT2D eigenvalue weighted by Crippen LogP contribution is 2.43. The third-order valence-electron chi connectivity index (χ3n) is 11.9. The number of phosphoric ester groups is 1. The van der Waals surface area contributed by atoms with Crippen LogP contribution in [-0.4, -0.2) is 49.9 Å². The summed E-state index contributed by atoms with van der Waals surface area (Å²) in [6, 6.07) is 0. The predicted molar refractivity (Wildman–Crippen MR) is 261 cm³/mol. The number of phosphoric acid groups is 1. The highest BCUT2D eigenvalue weighted by atomic mass is 31.2. The van der Waals surface area contributed by atoms with Crippen molar-refractivity contribution < 1.29 is 32.8 Å². The molecule has 2 unspecified atom stereocenters. The lowest BCUT2D eigenvalue weighted by atomic mass is 10.0. The molecule has 0 spiro atoms. The Hall–Kier alpha value is -0.760. The minimum Gasteiger partial charge on any atom is -0.457 e. The van der Waals surface area contributed by atoms with Crippen LogP contribution in [0.4, 0.5) is 0 Å². The Bertz CT molecular complexity index is 951. The van der Waals surface area contributed by atoms with E-state index < -0.39 is 13.9 Å². The van der Waals surface area contributed by atoms with Gasteiger partial charge in [0, 0.05) is 19.6 Å². The Morgan fingerprint density at radius 2 is 0.820 bits per heavy atom. The van der Waals surface area contributed by atoms with Gasteiger partial charge in [-0.3, -0.25) is 13.8 Å². The quantitative estimate of drug-likeness (QED) is 0.0268. The molecule has 0 heterocycles. The van der Waals surface area contributed by atoms with Gasteiger partial charge in [-0.1, -0.05) is 244 Å². The van der Waals surface area contributed by atoms with Gasteiger partial charge in [0.05, 0.1) is 19.8 Å². The first-order valence-corrected chi connectivity index (χ1v) is 28.2. The number of carbonyl (C=O) groups is 1. The number of hydrogen-bond donors (Lipinski definition) is 2. The van der Waals surface area contributed by atoms with E-state index in [1.54, 1.807) is 0 Å². The maximum Gasteiger partial charge on any atom is 0.472 e. The lowest BCUT2D eigenvalue weighted by Gasteiger charge is -2.20. The number of unbranched alkanes of at least 4 members (excludes halogenated alkanes) is 37. The van der Waals surface area contributed by atoms with Crippen molar-refractivity contribution in [1.29, 1.82) is 0 Å². The molecule has 0 fully saturated rings. The fraction of sp³-hybridized carbons (Fsp3) is 0.942. The van der Waals surface area contributed by atoms with Crippen molar-refractivity contribution in [3.63, 3.8) is 0 Å². The molecule has 0 bridgehead atoms. The van der Waals surface area contributed by atoms with Crippen molar-refractivity contribution in [3.05, 3.63) is 12.2 Å². The number of nitrogens with two attached hydrogens (primary N) is 1. The van der Waals surface area contributed by atoms with E-state index in [1.807, 2.05) is 0 Å². The molecule has 0 aromatic rings. The third kappa shape index (κ3) is 50.1. The second kappa shape index (κ2) is 50.2. The number of hydrogen-bond acceptors (Lipinski definition) is 7. The molecular formula is C52H104NO7P. The monoisotopic (exact) mass is 886 g/mol. The number of allylic oxidation sites excluding steroid dienone is 2. The summed E-state index contributed by atoms with van der Waals surface area (Å²) < 4.78 is 33.6. The van der Waals surface area contributed by atoms with E-state index in [2.05, 4.69) is 26.0 Å². The van der Waals surface area contributed by atoms with Crippen LogP contribution in [0.25, 0.3) is 0 Å². The second-order valence-electron chi connectivity index (χ2n) is 18.1. The summed E-state index contributed by atoms with van der Waals surface area (Å²) in [5.74, 6) is -0.323. The van der Waals surface area contributed by atoms with Crippen LogP contribution >= 0.6 is 7.82 Å². The SMILES string of the molecule is CCCCCCCCCC/C=C\CCCCCCCCCCCCCCOCC(COP(=O)(O)OCCN)OC(=O)CCCCCCCCCCCCCCCCCCCC. The van der Waals surface area contributed by atoms with Gasteiger partial charge in [-0.2, -0.15) is 0 Å². The Morgan fingerprint density at radius 3 is 1.20 bits per heavy atom. The zero-order valence-electron chi connectivity index (χ0n) is 40.7. The molecule has 0 aromatic heterocycles. The summed E-state index contributed by atoms with van der Waals surface area (Å²) in [4.78, 5) is 22.6. The molecule has 3 N–H and O–H groups in total. The highest BCUT2D eigenvalue weighted by molar-refractivity contribution is 7.47. The van der Waals surface area contributed by atoms with Crippen LogP contribution < -0.4 is 5.73 Å². The molecule has 0 saturated carbocycles. The molecular weight excluding hydrogens is 782 g/mol. The van der Waals surface area contributed by atoms with Gasteiger partial charge in [-0.25, -0.2) is 4.57 Å². The van der Waals surface area contributed by atoms with Crippen LogP contribution in [0.15, 0.2) is 12.2 Å². The van der Waals surface area contributed by atoms with E-state index in [0.717, 1.165) is 32.1 Å². The maximum atomic E-state index is 12.7. The Morgan fingerprint density at radius 1 is 0.475 bits per heavy atom. The number of esters is 1. The Balaban J connectivity index is 3.86. The van der Waals surface area contributed by atoms with Crippen LogP contribution in [0.1, 0.15) is 277 Å². The smallest absolute Gasteiger partial charge is 0.457 e. The van der Waals surface area contributed by atoms with Crippen LogP contribution in [0.2, 0.25) is 0 Å². The first-order valence-electron chi connectivity index (χ1n) is 26.7. The summed E-state index contributed by atoms with van der Waals surface area (Å²) in [5.41, 5.74) is 5.39. The zero-order valence-corrected chi connectivity index (χ0v) is 41.6. The number of ether oxygens (including phenoxy) is 2. The van der Waals surface area contributed by atoms with E-state index in [4.69, 9.17) is 24.3 Å². The lowest BCUT2D eigenvalue weighted by Crippen LogP contribution is -2.28. The molecule has 0 rings (SSSR count). The molecule has 2 atom stereocenters. The Kier molecular flexibility index (Phi) is 49.6. The first-order chi connectivity index (χ1) is 29.9. The molecule has 0 aliphatic heterocycles. The van der Waals surface area contributed by atoms with Crippen LogP contribution in [0.3, 0.4) is 0 Å². The van der Waals surface area contributed by atoms with Gasteiger partial charge in [0.2, 0.25) is 0 Å². The molecule has 0 saturated heterocycles. The van der Waals surface area contributed by atoms with Gasteiger partial charge in [0.15, 0.2) is 0 Å². The third-order valence-corrected chi connectivity index (χ3v) is 12.9. The van der Waals surface area contributed by atoms with Crippen LogP contribution in [-0.2, 0) is 27.9 Å². The van der Waals surface area contributed by atoms with Crippen molar-refractivity contribution in [3.8, 4) is 0 Å². The van der Waals surface area contributed by atoms with Gasteiger partial charge in [0.1, 0.15) is 6.10 Å². The van der Waals surface area contributed by atoms with Gasteiger partial charge in [-0.05, 0) is 38.5 Å². The van der Waals surface area contributed by atoms with E-state index in [9.17, 15) is 14.3 Å². The van der Waals surface area contributed by atoms with Gasteiger partial charge >= 0.3 is 13.8 Å². The first kappa shape index (κ1) is 60.2. The number of carbonyl (C=O) groups excluding carboxylic acids is 1. The second-order valence-corrected chi connectivity index (χ2v) is 19.6. The van der Waals surface area contributed by atoms with Gasteiger partial charge in [-0.15, -0.1) is 0 Å². The summed E-state index contributed by atoms with van der Waals surface area (Å²) in [6.45, 7) is 4.99. The summed E-state index contributed by atoms with van der Waals surface area (Å²) in [6.07, 6.45) is 56.8. The molecule has 0 radical (unpaired) electrons. The fourth-order valence-corrected chi connectivity index (χ4v) is 8.76. The van der Waals surface area contributed by atoms with Crippen molar-refractivity contribution in [2.75, 3.05) is 33.0 Å². The average Bonchev–Trinajstić information content (AvgIpc) is 3.25. The average molecular weight is 886 g/mol. The molecule has 0 aromatic carbocycles. The van der Waals surface area contributed by atoms with Crippen molar-refractivity contribution >= 4 is 13.8 Å². The largest absolute Gasteiger partial charge is 0.472 e. The summed E-state index contributed by atoms with van der Waals surface area (Å²) >= 11 is 0. The molecule has 61 heavy (non-hydrogen) atoms. The summed E-state index contributed by atoms with van der Waals surface area (Å²) in [5, 5.41) is 0. The molecule has 9 heteroatoms.